The summed E-state index contributed by atoms with van der Waals surface area (Å²) in [5.74, 6) is 1.05. The van der Waals surface area contributed by atoms with Crippen molar-refractivity contribution in [3.8, 4) is 11.5 Å². The van der Waals surface area contributed by atoms with Crippen LogP contribution in [0.25, 0.3) is 0 Å². The van der Waals surface area contributed by atoms with Gasteiger partial charge in [-0.3, -0.25) is 4.79 Å². The van der Waals surface area contributed by atoms with E-state index in [0.29, 0.717) is 41.1 Å². The van der Waals surface area contributed by atoms with Gasteiger partial charge in [-0.1, -0.05) is 23.7 Å². The maximum Gasteiger partial charge on any atom is 0.243 e. The van der Waals surface area contributed by atoms with E-state index in [4.69, 9.17) is 21.1 Å². The molecule has 0 unspecified atom stereocenters. The molecular weight excluding hydrogens is 408 g/mol. The molecule has 2 N–H and O–H groups in total. The fraction of sp³-hybridized carbons (Fsp3) is 0.278. The van der Waals surface area contributed by atoms with Crippen LogP contribution in [0.5, 0.6) is 11.5 Å². The van der Waals surface area contributed by atoms with Gasteiger partial charge in [0.25, 0.3) is 0 Å². The molecule has 5 nitrogen and oxygen atoms in total. The highest BCUT2D eigenvalue weighted by molar-refractivity contribution is 9.10. The molecule has 0 aromatic heterocycles. The van der Waals surface area contributed by atoms with Gasteiger partial charge in [-0.2, -0.15) is 0 Å². The standard InChI is InChI=1S/C18H20BrClN2O3/c1-3-24-16-8-6-5-7-14(16)22-17(23)11-21-15-10-12(20)9-13(19)18(15)25-4-2/h5-10,21H,3-4,11H2,1-2H3,(H,22,23). The summed E-state index contributed by atoms with van der Waals surface area (Å²) in [5, 5.41) is 6.43. The van der Waals surface area contributed by atoms with Crippen molar-refractivity contribution >= 4 is 44.8 Å². The van der Waals surface area contributed by atoms with Crippen molar-refractivity contribution in [2.75, 3.05) is 30.4 Å². The van der Waals surface area contributed by atoms with Crippen LogP contribution in [0.15, 0.2) is 40.9 Å². The molecule has 0 saturated carbocycles. The van der Waals surface area contributed by atoms with E-state index in [1.54, 1.807) is 18.2 Å². The Morgan fingerprint density at radius 3 is 2.56 bits per heavy atom. The number of amides is 1. The van der Waals surface area contributed by atoms with Gasteiger partial charge in [0.15, 0.2) is 5.75 Å². The fourth-order valence-electron chi connectivity index (χ4n) is 2.20. The molecule has 0 atom stereocenters. The number of para-hydroxylation sites is 2. The van der Waals surface area contributed by atoms with Gasteiger partial charge in [-0.05, 0) is 54.0 Å². The monoisotopic (exact) mass is 426 g/mol. The van der Waals surface area contributed by atoms with Crippen LogP contribution < -0.4 is 20.1 Å². The molecule has 25 heavy (non-hydrogen) atoms. The molecule has 0 aliphatic heterocycles. The van der Waals surface area contributed by atoms with Gasteiger partial charge in [0, 0.05) is 5.02 Å². The number of nitrogens with one attached hydrogen (secondary N) is 2. The average molecular weight is 428 g/mol. The van der Waals surface area contributed by atoms with E-state index in [2.05, 4.69) is 26.6 Å². The molecule has 2 aromatic carbocycles. The second-order valence-electron chi connectivity index (χ2n) is 5.03. The van der Waals surface area contributed by atoms with Crippen molar-refractivity contribution in [1.29, 1.82) is 0 Å². The Balaban J connectivity index is 2.06. The highest BCUT2D eigenvalue weighted by Gasteiger charge is 2.12. The first kappa shape index (κ1) is 19.4. The van der Waals surface area contributed by atoms with Crippen molar-refractivity contribution in [3.05, 3.63) is 45.9 Å². The lowest BCUT2D eigenvalue weighted by molar-refractivity contribution is -0.114. The van der Waals surface area contributed by atoms with Crippen molar-refractivity contribution in [2.45, 2.75) is 13.8 Å². The Labute approximate surface area is 160 Å². The van der Waals surface area contributed by atoms with Crippen LogP contribution >= 0.6 is 27.5 Å². The quantitative estimate of drug-likeness (QED) is 0.626. The highest BCUT2D eigenvalue weighted by atomic mass is 79.9. The van der Waals surface area contributed by atoms with E-state index in [1.807, 2.05) is 32.0 Å². The summed E-state index contributed by atoms with van der Waals surface area (Å²) in [6.45, 7) is 4.88. The summed E-state index contributed by atoms with van der Waals surface area (Å²) in [6, 6.07) is 10.8. The van der Waals surface area contributed by atoms with E-state index in [9.17, 15) is 4.79 Å². The van der Waals surface area contributed by atoms with Gasteiger partial charge < -0.3 is 20.1 Å². The van der Waals surface area contributed by atoms with Crippen LogP contribution in [0, 0.1) is 0 Å². The number of hydrogen-bond acceptors (Lipinski definition) is 4. The van der Waals surface area contributed by atoms with Gasteiger partial charge in [0.1, 0.15) is 5.75 Å². The lowest BCUT2D eigenvalue weighted by Crippen LogP contribution is -2.22. The van der Waals surface area contributed by atoms with E-state index in [0.717, 1.165) is 4.47 Å². The number of ether oxygens (including phenoxy) is 2. The minimum absolute atomic E-state index is 0.0628. The second kappa shape index (κ2) is 9.53. The molecule has 0 aliphatic carbocycles. The Morgan fingerprint density at radius 1 is 1.12 bits per heavy atom. The Bertz CT molecular complexity index is 740. The number of carbonyl (C=O) groups is 1. The van der Waals surface area contributed by atoms with Crippen molar-refractivity contribution in [1.82, 2.24) is 0 Å². The van der Waals surface area contributed by atoms with Gasteiger partial charge in [0.2, 0.25) is 5.91 Å². The summed E-state index contributed by atoms with van der Waals surface area (Å²) in [4.78, 5) is 12.3. The zero-order chi connectivity index (χ0) is 18.2. The third-order valence-corrected chi connectivity index (χ3v) is 4.00. The summed E-state index contributed by atoms with van der Waals surface area (Å²) in [5.41, 5.74) is 1.28. The number of hydrogen-bond donors (Lipinski definition) is 2. The normalized spacial score (nSPS) is 10.2. The third kappa shape index (κ3) is 5.54. The maximum absolute atomic E-state index is 12.3. The number of anilines is 2. The molecule has 7 heteroatoms. The summed E-state index contributed by atoms with van der Waals surface area (Å²) in [7, 11) is 0. The van der Waals surface area contributed by atoms with Crippen LogP contribution in [0.1, 0.15) is 13.8 Å². The molecule has 0 saturated heterocycles. The number of rotatable bonds is 8. The molecule has 0 aliphatic rings. The number of halogens is 2. The second-order valence-corrected chi connectivity index (χ2v) is 6.32. The highest BCUT2D eigenvalue weighted by Crippen LogP contribution is 2.36. The first-order chi connectivity index (χ1) is 12.0. The van der Waals surface area contributed by atoms with Gasteiger partial charge in [0.05, 0.1) is 35.6 Å². The molecule has 0 radical (unpaired) electrons. The number of benzene rings is 2. The Kier molecular flexibility index (Phi) is 7.40. The van der Waals surface area contributed by atoms with E-state index in [-0.39, 0.29) is 12.5 Å². The average Bonchev–Trinajstić information content (AvgIpc) is 2.57. The third-order valence-electron chi connectivity index (χ3n) is 3.20. The van der Waals surface area contributed by atoms with Crippen molar-refractivity contribution in [3.63, 3.8) is 0 Å². The molecule has 1 amide bonds. The molecule has 134 valence electrons. The van der Waals surface area contributed by atoms with Crippen molar-refractivity contribution < 1.29 is 14.3 Å². The lowest BCUT2D eigenvalue weighted by atomic mass is 10.2. The summed E-state index contributed by atoms with van der Waals surface area (Å²) >= 11 is 9.50. The van der Waals surface area contributed by atoms with Crippen LogP contribution in [-0.2, 0) is 4.79 Å². The molecule has 0 bridgehead atoms. The molecule has 0 fully saturated rings. The largest absolute Gasteiger partial charge is 0.492 e. The predicted octanol–water partition coefficient (Wildman–Crippen LogP) is 4.95. The van der Waals surface area contributed by atoms with E-state index >= 15 is 0 Å². The Morgan fingerprint density at radius 2 is 1.84 bits per heavy atom. The van der Waals surface area contributed by atoms with E-state index < -0.39 is 0 Å². The maximum atomic E-state index is 12.3. The molecule has 2 rings (SSSR count). The zero-order valence-electron chi connectivity index (χ0n) is 14.1. The van der Waals surface area contributed by atoms with Crippen molar-refractivity contribution in [2.24, 2.45) is 0 Å². The summed E-state index contributed by atoms with van der Waals surface area (Å²) in [6.07, 6.45) is 0. The minimum Gasteiger partial charge on any atom is -0.492 e. The SMILES string of the molecule is CCOc1ccccc1NC(=O)CNc1cc(Cl)cc(Br)c1OCC. The van der Waals surface area contributed by atoms with Crippen LogP contribution in [0.2, 0.25) is 5.02 Å². The smallest absolute Gasteiger partial charge is 0.243 e. The van der Waals surface area contributed by atoms with Crippen LogP contribution in [-0.4, -0.2) is 25.7 Å². The van der Waals surface area contributed by atoms with Crippen LogP contribution in [0.4, 0.5) is 11.4 Å². The summed E-state index contributed by atoms with van der Waals surface area (Å²) < 4.78 is 11.8. The fourth-order valence-corrected chi connectivity index (χ4v) is 3.13. The predicted molar refractivity (Wildman–Crippen MR) is 105 cm³/mol. The molecular formula is C18H20BrClN2O3. The van der Waals surface area contributed by atoms with E-state index in [1.165, 1.54) is 0 Å². The molecule has 0 spiro atoms. The molecule has 2 aromatic rings. The number of carbonyl (C=O) groups excluding carboxylic acids is 1. The first-order valence-corrected chi connectivity index (χ1v) is 9.09. The first-order valence-electron chi connectivity index (χ1n) is 7.92. The lowest BCUT2D eigenvalue weighted by Gasteiger charge is -2.15. The topological polar surface area (TPSA) is 59.6 Å². The van der Waals surface area contributed by atoms with Gasteiger partial charge in [-0.15, -0.1) is 0 Å². The van der Waals surface area contributed by atoms with Gasteiger partial charge in [-0.25, -0.2) is 0 Å². The Hall–Kier alpha value is -1.92. The zero-order valence-corrected chi connectivity index (χ0v) is 16.4. The van der Waals surface area contributed by atoms with Crippen LogP contribution in [0.3, 0.4) is 0 Å². The minimum atomic E-state index is -0.203. The molecule has 0 heterocycles. The van der Waals surface area contributed by atoms with Gasteiger partial charge >= 0.3 is 0 Å².